The SMILES string of the molecule is CNc1nc(C)c(CC(C)(C)C)s1. The quantitative estimate of drug-likeness (QED) is 0.790. The van der Waals surface area contributed by atoms with Gasteiger partial charge >= 0.3 is 0 Å². The molecule has 0 amide bonds. The lowest BCUT2D eigenvalue weighted by Crippen LogP contribution is -2.08. The Labute approximate surface area is 84.4 Å². The Bertz CT molecular complexity index is 284. The molecule has 0 saturated heterocycles. The largest absolute Gasteiger partial charge is 0.365 e. The maximum atomic E-state index is 4.42. The minimum atomic E-state index is 0.350. The molecule has 0 aliphatic rings. The molecule has 74 valence electrons. The minimum absolute atomic E-state index is 0.350. The van der Waals surface area contributed by atoms with Gasteiger partial charge in [-0.05, 0) is 18.8 Å². The zero-order valence-corrected chi connectivity index (χ0v) is 9.88. The molecule has 0 aliphatic heterocycles. The van der Waals surface area contributed by atoms with Gasteiger partial charge in [0, 0.05) is 11.9 Å². The molecule has 0 saturated carbocycles. The molecule has 0 radical (unpaired) electrons. The first kappa shape index (κ1) is 10.5. The van der Waals surface area contributed by atoms with Crippen molar-refractivity contribution < 1.29 is 0 Å². The fraction of sp³-hybridized carbons (Fsp3) is 0.700. The van der Waals surface area contributed by atoms with Gasteiger partial charge in [-0.2, -0.15) is 0 Å². The third kappa shape index (κ3) is 2.99. The normalized spacial score (nSPS) is 11.8. The van der Waals surface area contributed by atoms with E-state index < -0.39 is 0 Å². The lowest BCUT2D eigenvalue weighted by Gasteiger charge is -2.16. The van der Waals surface area contributed by atoms with Gasteiger partial charge in [-0.25, -0.2) is 4.98 Å². The topological polar surface area (TPSA) is 24.9 Å². The summed E-state index contributed by atoms with van der Waals surface area (Å²) in [5.41, 5.74) is 1.52. The number of hydrogen-bond donors (Lipinski definition) is 1. The van der Waals surface area contributed by atoms with Gasteiger partial charge in [-0.15, -0.1) is 11.3 Å². The smallest absolute Gasteiger partial charge is 0.182 e. The average Bonchev–Trinajstić information content (AvgIpc) is 2.29. The minimum Gasteiger partial charge on any atom is -0.365 e. The third-order valence-corrected chi connectivity index (χ3v) is 2.97. The first-order chi connectivity index (χ1) is 5.92. The van der Waals surface area contributed by atoms with E-state index in [9.17, 15) is 0 Å². The number of nitrogens with zero attached hydrogens (tertiary/aromatic N) is 1. The molecule has 0 aromatic carbocycles. The van der Waals surface area contributed by atoms with Gasteiger partial charge in [0.25, 0.3) is 0 Å². The van der Waals surface area contributed by atoms with E-state index in [1.54, 1.807) is 11.3 Å². The highest BCUT2D eigenvalue weighted by Crippen LogP contribution is 2.29. The van der Waals surface area contributed by atoms with Gasteiger partial charge in [0.15, 0.2) is 5.13 Å². The van der Waals surface area contributed by atoms with Gasteiger partial charge in [-0.1, -0.05) is 20.8 Å². The van der Waals surface area contributed by atoms with Crippen molar-refractivity contribution in [2.24, 2.45) is 5.41 Å². The van der Waals surface area contributed by atoms with Gasteiger partial charge in [-0.3, -0.25) is 0 Å². The standard InChI is InChI=1S/C10H18N2S/c1-7-8(6-10(2,3)4)13-9(11-5)12-7/h6H2,1-5H3,(H,11,12). The molecule has 1 N–H and O–H groups in total. The van der Waals surface area contributed by atoms with Crippen LogP contribution < -0.4 is 5.32 Å². The van der Waals surface area contributed by atoms with Crippen LogP contribution in [0.5, 0.6) is 0 Å². The van der Waals surface area contributed by atoms with Crippen LogP contribution in [-0.2, 0) is 6.42 Å². The van der Waals surface area contributed by atoms with Gasteiger partial charge in [0.05, 0.1) is 5.69 Å². The Kier molecular flexibility index (Phi) is 2.96. The molecule has 1 rings (SSSR count). The maximum absolute atomic E-state index is 4.42. The Morgan fingerprint density at radius 2 is 2.00 bits per heavy atom. The van der Waals surface area contributed by atoms with Crippen LogP contribution in [0.3, 0.4) is 0 Å². The van der Waals surface area contributed by atoms with Crippen LogP contribution >= 0.6 is 11.3 Å². The fourth-order valence-corrected chi connectivity index (χ4v) is 2.40. The summed E-state index contributed by atoms with van der Waals surface area (Å²) in [5.74, 6) is 0. The highest BCUT2D eigenvalue weighted by Gasteiger charge is 2.15. The second-order valence-electron chi connectivity index (χ2n) is 4.52. The molecule has 0 aliphatic carbocycles. The molecule has 1 aromatic heterocycles. The van der Waals surface area contributed by atoms with Crippen molar-refractivity contribution in [1.82, 2.24) is 4.98 Å². The van der Waals surface area contributed by atoms with E-state index in [1.807, 2.05) is 7.05 Å². The second kappa shape index (κ2) is 3.66. The van der Waals surface area contributed by atoms with Crippen molar-refractivity contribution >= 4 is 16.5 Å². The van der Waals surface area contributed by atoms with Crippen molar-refractivity contribution in [1.29, 1.82) is 0 Å². The van der Waals surface area contributed by atoms with Crippen molar-refractivity contribution in [2.75, 3.05) is 12.4 Å². The average molecular weight is 198 g/mol. The Balaban J connectivity index is 2.83. The van der Waals surface area contributed by atoms with Crippen molar-refractivity contribution in [3.63, 3.8) is 0 Å². The number of rotatable bonds is 2. The number of aromatic nitrogens is 1. The summed E-state index contributed by atoms with van der Waals surface area (Å²) in [5, 5.41) is 4.11. The van der Waals surface area contributed by atoms with E-state index in [0.29, 0.717) is 5.41 Å². The predicted octanol–water partition coefficient (Wildman–Crippen LogP) is 3.08. The number of anilines is 1. The second-order valence-corrected chi connectivity index (χ2v) is 5.60. The Morgan fingerprint density at radius 1 is 1.38 bits per heavy atom. The third-order valence-electron chi connectivity index (χ3n) is 1.80. The highest BCUT2D eigenvalue weighted by molar-refractivity contribution is 7.15. The van der Waals surface area contributed by atoms with Crippen LogP contribution in [-0.4, -0.2) is 12.0 Å². The van der Waals surface area contributed by atoms with Gasteiger partial charge < -0.3 is 5.32 Å². The summed E-state index contributed by atoms with van der Waals surface area (Å²) in [6, 6.07) is 0. The Morgan fingerprint density at radius 3 is 2.38 bits per heavy atom. The molecule has 1 aromatic rings. The van der Waals surface area contributed by atoms with E-state index in [0.717, 1.165) is 11.6 Å². The lowest BCUT2D eigenvalue weighted by atomic mass is 9.91. The van der Waals surface area contributed by atoms with Crippen LogP contribution in [0.1, 0.15) is 31.3 Å². The molecule has 3 heteroatoms. The summed E-state index contributed by atoms with van der Waals surface area (Å²) in [6.07, 6.45) is 1.11. The molecule has 0 bridgehead atoms. The van der Waals surface area contributed by atoms with Crippen molar-refractivity contribution in [2.45, 2.75) is 34.1 Å². The van der Waals surface area contributed by atoms with Crippen LogP contribution in [0.25, 0.3) is 0 Å². The number of hydrogen-bond acceptors (Lipinski definition) is 3. The molecule has 0 atom stereocenters. The van der Waals surface area contributed by atoms with Crippen molar-refractivity contribution in [3.05, 3.63) is 10.6 Å². The molecule has 13 heavy (non-hydrogen) atoms. The van der Waals surface area contributed by atoms with E-state index in [-0.39, 0.29) is 0 Å². The summed E-state index contributed by atoms with van der Waals surface area (Å²) in [7, 11) is 1.92. The Hall–Kier alpha value is -0.570. The maximum Gasteiger partial charge on any atom is 0.182 e. The van der Waals surface area contributed by atoms with Gasteiger partial charge in [0.2, 0.25) is 0 Å². The van der Waals surface area contributed by atoms with E-state index in [2.05, 4.69) is 38.0 Å². The zero-order chi connectivity index (χ0) is 10.1. The van der Waals surface area contributed by atoms with Crippen LogP contribution in [0.15, 0.2) is 0 Å². The monoisotopic (exact) mass is 198 g/mol. The molecule has 0 unspecified atom stereocenters. The first-order valence-electron chi connectivity index (χ1n) is 4.56. The number of thiazole rings is 1. The van der Waals surface area contributed by atoms with Crippen molar-refractivity contribution in [3.8, 4) is 0 Å². The van der Waals surface area contributed by atoms with E-state index in [1.165, 1.54) is 10.6 Å². The summed E-state index contributed by atoms with van der Waals surface area (Å²) < 4.78 is 0. The first-order valence-corrected chi connectivity index (χ1v) is 5.38. The number of aryl methyl sites for hydroxylation is 1. The fourth-order valence-electron chi connectivity index (χ4n) is 1.18. The highest BCUT2D eigenvalue weighted by atomic mass is 32.1. The summed E-state index contributed by atoms with van der Waals surface area (Å²) >= 11 is 1.76. The van der Waals surface area contributed by atoms with Crippen LogP contribution in [0, 0.1) is 12.3 Å². The van der Waals surface area contributed by atoms with E-state index >= 15 is 0 Å². The predicted molar refractivity (Wildman–Crippen MR) is 59.6 cm³/mol. The van der Waals surface area contributed by atoms with Crippen LogP contribution in [0.4, 0.5) is 5.13 Å². The van der Waals surface area contributed by atoms with Crippen LogP contribution in [0.2, 0.25) is 0 Å². The molecule has 1 heterocycles. The van der Waals surface area contributed by atoms with Gasteiger partial charge in [0.1, 0.15) is 0 Å². The molecular formula is C10H18N2S. The molecule has 0 fully saturated rings. The zero-order valence-electron chi connectivity index (χ0n) is 9.06. The molecular weight excluding hydrogens is 180 g/mol. The van der Waals surface area contributed by atoms with E-state index in [4.69, 9.17) is 0 Å². The summed E-state index contributed by atoms with van der Waals surface area (Å²) in [4.78, 5) is 5.82. The summed E-state index contributed by atoms with van der Waals surface area (Å²) in [6.45, 7) is 8.85. The molecule has 0 spiro atoms. The molecule has 2 nitrogen and oxygen atoms in total. The lowest BCUT2D eigenvalue weighted by molar-refractivity contribution is 0.413. The number of nitrogens with one attached hydrogen (secondary N) is 1.